The summed E-state index contributed by atoms with van der Waals surface area (Å²) >= 11 is 0. The molecule has 0 atom stereocenters. The normalized spacial score (nSPS) is 14.6. The second kappa shape index (κ2) is 7.13. The van der Waals surface area contributed by atoms with Crippen LogP contribution in [0.1, 0.15) is 36.0 Å². The van der Waals surface area contributed by atoms with E-state index in [-0.39, 0.29) is 11.8 Å². The SMILES string of the molecule is O=C(Nc1cccc(OC2CCCC2)c1)c1cc(F)c(F)c(F)c1F. The Kier molecular flexibility index (Phi) is 4.92. The van der Waals surface area contributed by atoms with Crippen LogP contribution in [0.3, 0.4) is 0 Å². The Bertz CT molecular complexity index is 804. The highest BCUT2D eigenvalue weighted by Gasteiger charge is 2.23. The smallest absolute Gasteiger partial charge is 0.258 e. The Labute approximate surface area is 141 Å². The number of ether oxygens (including phenoxy) is 1. The lowest BCUT2D eigenvalue weighted by Gasteiger charge is -2.14. The van der Waals surface area contributed by atoms with Gasteiger partial charge in [-0.1, -0.05) is 6.07 Å². The van der Waals surface area contributed by atoms with Crippen molar-refractivity contribution in [1.29, 1.82) is 0 Å². The van der Waals surface area contributed by atoms with Gasteiger partial charge in [-0.3, -0.25) is 4.79 Å². The minimum atomic E-state index is -2.02. The second-order valence-electron chi connectivity index (χ2n) is 5.85. The van der Waals surface area contributed by atoms with E-state index in [1.807, 2.05) is 0 Å². The standard InChI is InChI=1S/C18H15F4NO2/c19-14-9-13(15(20)17(22)16(14)21)18(24)23-10-4-3-7-12(8-10)25-11-5-1-2-6-11/h3-4,7-9,11H,1-2,5-6H2,(H,23,24). The number of anilines is 1. The van der Waals surface area contributed by atoms with E-state index < -0.39 is 34.7 Å². The van der Waals surface area contributed by atoms with Crippen LogP contribution < -0.4 is 10.1 Å². The van der Waals surface area contributed by atoms with Gasteiger partial charge in [-0.05, 0) is 43.9 Å². The van der Waals surface area contributed by atoms with Gasteiger partial charge in [0.1, 0.15) is 5.75 Å². The van der Waals surface area contributed by atoms with Crippen molar-refractivity contribution in [3.05, 3.63) is 59.2 Å². The summed E-state index contributed by atoms with van der Waals surface area (Å²) in [5.74, 6) is -7.92. The number of nitrogens with one attached hydrogen (secondary N) is 1. The molecule has 1 amide bonds. The summed E-state index contributed by atoms with van der Waals surface area (Å²) < 4.78 is 58.9. The second-order valence-corrected chi connectivity index (χ2v) is 5.85. The maximum absolute atomic E-state index is 13.7. The zero-order valence-electron chi connectivity index (χ0n) is 13.1. The van der Waals surface area contributed by atoms with E-state index in [2.05, 4.69) is 5.32 Å². The summed E-state index contributed by atoms with van der Waals surface area (Å²) in [7, 11) is 0. The first-order chi connectivity index (χ1) is 12.0. The molecule has 0 aliphatic heterocycles. The zero-order chi connectivity index (χ0) is 18.0. The molecule has 7 heteroatoms. The van der Waals surface area contributed by atoms with Crippen LogP contribution in [0.5, 0.6) is 5.75 Å². The minimum absolute atomic E-state index is 0.115. The third-order valence-electron chi connectivity index (χ3n) is 4.04. The third kappa shape index (κ3) is 3.75. The van der Waals surface area contributed by atoms with E-state index in [1.165, 1.54) is 12.1 Å². The van der Waals surface area contributed by atoms with Crippen LogP contribution in [0.15, 0.2) is 30.3 Å². The molecule has 0 saturated heterocycles. The lowest BCUT2D eigenvalue weighted by Crippen LogP contribution is -2.16. The third-order valence-corrected chi connectivity index (χ3v) is 4.04. The lowest BCUT2D eigenvalue weighted by molar-refractivity contribution is 0.102. The Hall–Kier alpha value is -2.57. The molecule has 1 aliphatic carbocycles. The molecule has 2 aromatic carbocycles. The molecule has 1 N–H and O–H groups in total. The van der Waals surface area contributed by atoms with Gasteiger partial charge >= 0.3 is 0 Å². The Balaban J connectivity index is 1.77. The number of rotatable bonds is 4. The fraction of sp³-hybridized carbons (Fsp3) is 0.278. The van der Waals surface area contributed by atoms with Gasteiger partial charge in [0.2, 0.25) is 0 Å². The highest BCUT2D eigenvalue weighted by molar-refractivity contribution is 6.04. The van der Waals surface area contributed by atoms with Crippen LogP contribution in [-0.4, -0.2) is 12.0 Å². The maximum atomic E-state index is 13.7. The average molecular weight is 353 g/mol. The van der Waals surface area contributed by atoms with Gasteiger partial charge in [-0.25, -0.2) is 17.6 Å². The fourth-order valence-electron chi connectivity index (χ4n) is 2.78. The summed E-state index contributed by atoms with van der Waals surface area (Å²) in [5.41, 5.74) is -0.649. The van der Waals surface area contributed by atoms with Crippen LogP contribution in [-0.2, 0) is 0 Å². The molecule has 132 valence electrons. The molecule has 0 unspecified atom stereocenters. The summed E-state index contributed by atoms with van der Waals surface area (Å²) in [6, 6.07) is 6.72. The van der Waals surface area contributed by atoms with Crippen molar-refractivity contribution < 1.29 is 27.1 Å². The first-order valence-electron chi connectivity index (χ1n) is 7.87. The van der Waals surface area contributed by atoms with Crippen molar-refractivity contribution >= 4 is 11.6 Å². The van der Waals surface area contributed by atoms with Crippen molar-refractivity contribution in [1.82, 2.24) is 0 Å². The largest absolute Gasteiger partial charge is 0.490 e. The summed E-state index contributed by atoms with van der Waals surface area (Å²) in [6.07, 6.45) is 4.22. The molecular formula is C18H15F4NO2. The monoisotopic (exact) mass is 353 g/mol. The van der Waals surface area contributed by atoms with Crippen LogP contribution in [0.4, 0.5) is 23.2 Å². The van der Waals surface area contributed by atoms with Gasteiger partial charge in [0.25, 0.3) is 5.91 Å². The number of carbonyl (C=O) groups is 1. The maximum Gasteiger partial charge on any atom is 0.258 e. The molecule has 1 saturated carbocycles. The van der Waals surface area contributed by atoms with Crippen molar-refractivity contribution in [2.24, 2.45) is 0 Å². The average Bonchev–Trinajstić information content (AvgIpc) is 3.09. The Morgan fingerprint density at radius 1 is 1.00 bits per heavy atom. The van der Waals surface area contributed by atoms with E-state index in [0.29, 0.717) is 11.8 Å². The molecule has 0 aromatic heterocycles. The molecule has 1 fully saturated rings. The number of carbonyl (C=O) groups excluding carboxylic acids is 1. The molecule has 3 nitrogen and oxygen atoms in total. The Morgan fingerprint density at radius 2 is 1.72 bits per heavy atom. The number of amides is 1. The van der Waals surface area contributed by atoms with Gasteiger partial charge in [0.15, 0.2) is 23.3 Å². The lowest BCUT2D eigenvalue weighted by atomic mass is 10.1. The van der Waals surface area contributed by atoms with Gasteiger partial charge in [-0.15, -0.1) is 0 Å². The van der Waals surface area contributed by atoms with Crippen LogP contribution in [0, 0.1) is 23.3 Å². The molecule has 0 heterocycles. The zero-order valence-corrected chi connectivity index (χ0v) is 13.1. The van der Waals surface area contributed by atoms with Gasteiger partial charge in [-0.2, -0.15) is 0 Å². The number of hydrogen-bond acceptors (Lipinski definition) is 2. The number of halogens is 4. The van der Waals surface area contributed by atoms with E-state index in [1.54, 1.807) is 12.1 Å². The van der Waals surface area contributed by atoms with E-state index in [4.69, 9.17) is 4.74 Å². The van der Waals surface area contributed by atoms with Crippen molar-refractivity contribution in [3.8, 4) is 5.75 Å². The van der Waals surface area contributed by atoms with Crippen LogP contribution in [0.25, 0.3) is 0 Å². The number of hydrogen-bond donors (Lipinski definition) is 1. The molecule has 0 spiro atoms. The van der Waals surface area contributed by atoms with Crippen LogP contribution >= 0.6 is 0 Å². The topological polar surface area (TPSA) is 38.3 Å². The first-order valence-corrected chi connectivity index (χ1v) is 7.87. The molecule has 0 bridgehead atoms. The molecule has 1 aliphatic rings. The van der Waals surface area contributed by atoms with Crippen LogP contribution in [0.2, 0.25) is 0 Å². The fourth-order valence-corrected chi connectivity index (χ4v) is 2.78. The summed E-state index contributed by atoms with van der Waals surface area (Å²) in [5, 5.41) is 2.32. The molecule has 2 aromatic rings. The van der Waals surface area contributed by atoms with Crippen molar-refractivity contribution in [2.45, 2.75) is 31.8 Å². The Morgan fingerprint density at radius 3 is 2.44 bits per heavy atom. The van der Waals surface area contributed by atoms with Crippen molar-refractivity contribution in [2.75, 3.05) is 5.32 Å². The summed E-state index contributed by atoms with van der Waals surface area (Å²) in [6.45, 7) is 0. The quantitative estimate of drug-likeness (QED) is 0.486. The molecule has 0 radical (unpaired) electrons. The van der Waals surface area contributed by atoms with Gasteiger partial charge in [0.05, 0.1) is 11.7 Å². The minimum Gasteiger partial charge on any atom is -0.490 e. The van der Waals surface area contributed by atoms with E-state index in [9.17, 15) is 22.4 Å². The molecular weight excluding hydrogens is 338 g/mol. The molecule has 25 heavy (non-hydrogen) atoms. The first kappa shape index (κ1) is 17.3. The highest BCUT2D eigenvalue weighted by atomic mass is 19.2. The van der Waals surface area contributed by atoms with Crippen molar-refractivity contribution in [3.63, 3.8) is 0 Å². The number of benzene rings is 2. The highest BCUT2D eigenvalue weighted by Crippen LogP contribution is 2.26. The summed E-state index contributed by atoms with van der Waals surface area (Å²) in [4.78, 5) is 12.1. The predicted octanol–water partition coefficient (Wildman–Crippen LogP) is 4.82. The van der Waals surface area contributed by atoms with E-state index >= 15 is 0 Å². The van der Waals surface area contributed by atoms with Gasteiger partial charge < -0.3 is 10.1 Å². The molecule has 3 rings (SSSR count). The van der Waals surface area contributed by atoms with E-state index in [0.717, 1.165) is 25.7 Å². The predicted molar refractivity (Wildman–Crippen MR) is 83.6 cm³/mol. The van der Waals surface area contributed by atoms with Gasteiger partial charge in [0, 0.05) is 11.8 Å².